The number of aromatic nitrogens is 1. The van der Waals surface area contributed by atoms with Crippen molar-refractivity contribution < 1.29 is 13.8 Å². The van der Waals surface area contributed by atoms with E-state index in [2.05, 4.69) is 15.5 Å². The van der Waals surface area contributed by atoms with Crippen molar-refractivity contribution in [2.24, 2.45) is 5.10 Å². The van der Waals surface area contributed by atoms with Crippen LogP contribution in [0.5, 0.6) is 0 Å². The molecule has 0 aliphatic heterocycles. The highest BCUT2D eigenvalue weighted by molar-refractivity contribution is 5.79. The Labute approximate surface area is 154 Å². The van der Waals surface area contributed by atoms with Gasteiger partial charge in [-0.25, -0.2) is 10.4 Å². The highest BCUT2D eigenvalue weighted by atomic mass is 16.6. The molecule has 136 valence electrons. The van der Waals surface area contributed by atoms with Crippen molar-refractivity contribution in [3.63, 3.8) is 0 Å². The number of nitro groups is 1. The molecular formula is C18H15N5O4. The molecule has 3 aromatic rings. The van der Waals surface area contributed by atoms with Gasteiger partial charge >= 0.3 is 0 Å². The van der Waals surface area contributed by atoms with Gasteiger partial charge in [0.2, 0.25) is 11.6 Å². The third-order valence-electron chi connectivity index (χ3n) is 3.59. The Bertz CT molecular complexity index is 1040. The summed E-state index contributed by atoms with van der Waals surface area (Å²) in [6.45, 7) is 3.79. The number of oxazole rings is 1. The van der Waals surface area contributed by atoms with Crippen LogP contribution in [0.4, 0.5) is 11.6 Å². The molecule has 0 atom stereocenters. The highest BCUT2D eigenvalue weighted by Gasteiger charge is 2.17. The van der Waals surface area contributed by atoms with E-state index >= 15 is 0 Å². The summed E-state index contributed by atoms with van der Waals surface area (Å²) < 4.78 is 11.1. The Kier molecular flexibility index (Phi) is 4.99. The minimum atomic E-state index is -0.465. The van der Waals surface area contributed by atoms with Crippen LogP contribution in [0.15, 0.2) is 50.3 Å². The van der Waals surface area contributed by atoms with Crippen molar-refractivity contribution in [3.05, 3.63) is 63.9 Å². The summed E-state index contributed by atoms with van der Waals surface area (Å²) in [5.74, 6) is 1.33. The van der Waals surface area contributed by atoms with Gasteiger partial charge in [0.25, 0.3) is 11.6 Å². The van der Waals surface area contributed by atoms with Crippen LogP contribution in [0.1, 0.15) is 37.1 Å². The number of nitro benzene ring substituents is 1. The zero-order chi connectivity index (χ0) is 19.4. The molecule has 27 heavy (non-hydrogen) atoms. The van der Waals surface area contributed by atoms with Crippen molar-refractivity contribution in [3.8, 4) is 17.4 Å². The molecule has 0 bridgehead atoms. The van der Waals surface area contributed by atoms with Gasteiger partial charge in [-0.15, -0.1) is 0 Å². The first-order valence-corrected chi connectivity index (χ1v) is 8.03. The maximum Gasteiger partial charge on any atom is 0.280 e. The van der Waals surface area contributed by atoms with Crippen molar-refractivity contribution >= 4 is 17.8 Å². The third-order valence-corrected chi connectivity index (χ3v) is 3.59. The Balaban J connectivity index is 1.77. The van der Waals surface area contributed by atoms with E-state index in [1.165, 1.54) is 12.3 Å². The van der Waals surface area contributed by atoms with Crippen LogP contribution < -0.4 is 5.43 Å². The lowest BCUT2D eigenvalue weighted by atomic mass is 10.1. The average Bonchev–Trinajstić information content (AvgIpc) is 3.29. The van der Waals surface area contributed by atoms with E-state index < -0.39 is 4.92 Å². The number of hydrazone groups is 1. The average molecular weight is 365 g/mol. The van der Waals surface area contributed by atoms with Gasteiger partial charge in [-0.2, -0.15) is 10.4 Å². The number of nitrogens with zero attached hydrogens (tertiary/aromatic N) is 4. The topological polar surface area (TPSA) is 130 Å². The number of benzene rings is 1. The normalized spacial score (nSPS) is 11.0. The Morgan fingerprint density at radius 3 is 2.78 bits per heavy atom. The molecule has 0 saturated carbocycles. The minimum Gasteiger partial charge on any atom is -0.455 e. The zero-order valence-corrected chi connectivity index (χ0v) is 14.5. The Hall–Kier alpha value is -3.93. The Morgan fingerprint density at radius 2 is 2.07 bits per heavy atom. The summed E-state index contributed by atoms with van der Waals surface area (Å²) in [7, 11) is 0. The summed E-state index contributed by atoms with van der Waals surface area (Å²) in [6.07, 6.45) is 1.37. The number of rotatable bonds is 6. The number of para-hydroxylation sites is 1. The van der Waals surface area contributed by atoms with Crippen LogP contribution in [0.3, 0.4) is 0 Å². The number of nitrogens with one attached hydrogen (secondary N) is 1. The number of furan rings is 1. The number of hydrogen-bond acceptors (Lipinski definition) is 8. The fourth-order valence-corrected chi connectivity index (χ4v) is 2.30. The quantitative estimate of drug-likeness (QED) is 0.392. The predicted molar refractivity (Wildman–Crippen MR) is 97.3 cm³/mol. The molecule has 1 N–H and O–H groups in total. The van der Waals surface area contributed by atoms with Crippen molar-refractivity contribution in [2.45, 2.75) is 19.8 Å². The van der Waals surface area contributed by atoms with E-state index in [4.69, 9.17) is 14.1 Å². The lowest BCUT2D eigenvalue weighted by Crippen LogP contribution is -1.91. The van der Waals surface area contributed by atoms with E-state index in [9.17, 15) is 10.1 Å². The molecule has 2 heterocycles. The molecule has 0 aliphatic carbocycles. The van der Waals surface area contributed by atoms with Crippen LogP contribution in [0.25, 0.3) is 11.3 Å². The van der Waals surface area contributed by atoms with E-state index in [1.54, 1.807) is 30.3 Å². The highest BCUT2D eigenvalue weighted by Crippen LogP contribution is 2.30. The van der Waals surface area contributed by atoms with Gasteiger partial charge < -0.3 is 8.83 Å². The molecule has 0 spiro atoms. The number of nitriles is 1. The van der Waals surface area contributed by atoms with E-state index in [-0.39, 0.29) is 23.2 Å². The first kappa shape index (κ1) is 17.9. The van der Waals surface area contributed by atoms with E-state index in [1.807, 2.05) is 19.9 Å². The molecule has 2 aromatic heterocycles. The van der Waals surface area contributed by atoms with Gasteiger partial charge in [-0.05, 0) is 18.2 Å². The molecule has 1 aromatic carbocycles. The third kappa shape index (κ3) is 3.85. The van der Waals surface area contributed by atoms with Gasteiger partial charge in [0.05, 0.1) is 16.7 Å². The second-order valence-corrected chi connectivity index (χ2v) is 5.84. The molecule has 0 aliphatic rings. The first-order chi connectivity index (χ1) is 13.0. The molecule has 3 rings (SSSR count). The second-order valence-electron chi connectivity index (χ2n) is 5.84. The monoisotopic (exact) mass is 365 g/mol. The first-order valence-electron chi connectivity index (χ1n) is 8.03. The van der Waals surface area contributed by atoms with Gasteiger partial charge in [0, 0.05) is 12.0 Å². The van der Waals surface area contributed by atoms with Gasteiger partial charge in [-0.3, -0.25) is 10.1 Å². The molecular weight excluding hydrogens is 350 g/mol. The fraction of sp³-hybridized carbons (Fsp3) is 0.167. The predicted octanol–water partition coefficient (Wildman–Crippen LogP) is 4.28. The van der Waals surface area contributed by atoms with Crippen LogP contribution in [-0.4, -0.2) is 16.1 Å². The van der Waals surface area contributed by atoms with Crippen LogP contribution in [0.2, 0.25) is 0 Å². The minimum absolute atomic E-state index is 0.0333. The number of hydrogen-bond donors (Lipinski definition) is 1. The largest absolute Gasteiger partial charge is 0.455 e. The summed E-state index contributed by atoms with van der Waals surface area (Å²) in [6, 6.07) is 11.5. The summed E-state index contributed by atoms with van der Waals surface area (Å²) in [4.78, 5) is 14.7. The molecule has 0 saturated heterocycles. The van der Waals surface area contributed by atoms with Gasteiger partial charge in [0.15, 0.2) is 0 Å². The van der Waals surface area contributed by atoms with Crippen molar-refractivity contribution in [2.75, 3.05) is 5.43 Å². The van der Waals surface area contributed by atoms with Gasteiger partial charge in [0.1, 0.15) is 17.6 Å². The van der Waals surface area contributed by atoms with Crippen LogP contribution in [-0.2, 0) is 0 Å². The second kappa shape index (κ2) is 7.53. The molecule has 0 unspecified atom stereocenters. The lowest BCUT2D eigenvalue weighted by Gasteiger charge is -1.98. The van der Waals surface area contributed by atoms with Crippen LogP contribution >= 0.6 is 0 Å². The summed E-state index contributed by atoms with van der Waals surface area (Å²) in [5, 5.41) is 24.2. The number of anilines is 1. The molecule has 0 amide bonds. The van der Waals surface area contributed by atoms with Gasteiger partial charge in [-0.1, -0.05) is 26.0 Å². The zero-order valence-electron chi connectivity index (χ0n) is 14.5. The summed E-state index contributed by atoms with van der Waals surface area (Å²) in [5.41, 5.74) is 3.05. The van der Waals surface area contributed by atoms with Crippen molar-refractivity contribution in [1.29, 1.82) is 5.26 Å². The maximum atomic E-state index is 11.1. The summed E-state index contributed by atoms with van der Waals surface area (Å²) >= 11 is 0. The molecule has 0 fully saturated rings. The molecule has 0 radical (unpaired) electrons. The van der Waals surface area contributed by atoms with E-state index in [0.717, 1.165) is 0 Å². The van der Waals surface area contributed by atoms with Crippen LogP contribution in [0, 0.1) is 21.4 Å². The molecule has 9 heteroatoms. The van der Waals surface area contributed by atoms with Crippen molar-refractivity contribution in [1.82, 2.24) is 4.98 Å². The lowest BCUT2D eigenvalue weighted by molar-refractivity contribution is -0.384. The maximum absolute atomic E-state index is 11.1. The Morgan fingerprint density at radius 1 is 1.30 bits per heavy atom. The SMILES string of the molecule is CC(C)c1nc(C#N)c(N/N=C\c2ccc(-c3ccccc3[N+](=O)[O-])o2)o1. The standard InChI is InChI=1S/C18H15N5O4/c1-11(2)17-21-14(9-19)18(27-17)22-20-10-12-7-8-16(26-12)13-5-3-4-6-15(13)23(24)25/h3-8,10-11,22H,1-2H3/b20-10-. The van der Waals surface area contributed by atoms with E-state index in [0.29, 0.717) is 23.0 Å². The smallest absolute Gasteiger partial charge is 0.280 e. The fourth-order valence-electron chi connectivity index (χ4n) is 2.30. The molecule has 9 nitrogen and oxygen atoms in total.